The monoisotopic (exact) mass is 298 g/mol. The van der Waals surface area contributed by atoms with Gasteiger partial charge in [-0.2, -0.15) is 0 Å². The van der Waals surface area contributed by atoms with Gasteiger partial charge in [-0.25, -0.2) is 0 Å². The van der Waals surface area contributed by atoms with Crippen LogP contribution in [0.5, 0.6) is 0 Å². The van der Waals surface area contributed by atoms with Crippen molar-refractivity contribution >= 4 is 15.9 Å². The van der Waals surface area contributed by atoms with Crippen molar-refractivity contribution in [2.75, 3.05) is 33.4 Å². The van der Waals surface area contributed by atoms with Gasteiger partial charge in [-0.1, -0.05) is 34.1 Å². The molecule has 1 aromatic rings. The number of nitrogens with one attached hydrogen (secondary N) is 1. The zero-order valence-electron chi connectivity index (χ0n) is 10.2. The lowest BCUT2D eigenvalue weighted by molar-refractivity contribution is -0.0104. The number of morpholine rings is 1. The van der Waals surface area contributed by atoms with Gasteiger partial charge in [0.2, 0.25) is 0 Å². The second kappa shape index (κ2) is 6.50. The fourth-order valence-electron chi connectivity index (χ4n) is 2.17. The third kappa shape index (κ3) is 3.52. The molecular weight excluding hydrogens is 280 g/mol. The Morgan fingerprint density at radius 3 is 3.06 bits per heavy atom. The lowest BCUT2D eigenvalue weighted by Crippen LogP contribution is -2.49. The van der Waals surface area contributed by atoms with Crippen molar-refractivity contribution in [3.05, 3.63) is 34.3 Å². The van der Waals surface area contributed by atoms with Crippen LogP contribution in [-0.2, 0) is 11.3 Å². The third-order valence-corrected chi connectivity index (χ3v) is 3.89. The zero-order chi connectivity index (χ0) is 12.1. The highest BCUT2D eigenvalue weighted by molar-refractivity contribution is 9.10. The topological polar surface area (TPSA) is 24.5 Å². The number of ether oxygens (including phenoxy) is 1. The van der Waals surface area contributed by atoms with E-state index < -0.39 is 0 Å². The molecule has 0 aliphatic carbocycles. The summed E-state index contributed by atoms with van der Waals surface area (Å²) >= 11 is 3.61. The Labute approximate surface area is 111 Å². The van der Waals surface area contributed by atoms with E-state index in [1.54, 1.807) is 0 Å². The molecule has 1 heterocycles. The Kier molecular flexibility index (Phi) is 4.98. The molecule has 1 fully saturated rings. The molecule has 1 unspecified atom stereocenters. The first kappa shape index (κ1) is 13.0. The fourth-order valence-corrected chi connectivity index (χ4v) is 2.58. The SMILES string of the molecule is CNCC1COCCN1Cc1ccccc1Br. The average Bonchev–Trinajstić information content (AvgIpc) is 2.35. The van der Waals surface area contributed by atoms with E-state index >= 15 is 0 Å². The van der Waals surface area contributed by atoms with Gasteiger partial charge in [0, 0.05) is 30.1 Å². The van der Waals surface area contributed by atoms with Crippen LogP contribution in [0.1, 0.15) is 5.56 Å². The zero-order valence-corrected chi connectivity index (χ0v) is 11.7. The minimum atomic E-state index is 0.473. The number of benzene rings is 1. The number of halogens is 1. The molecule has 0 spiro atoms. The second-order valence-electron chi connectivity index (χ2n) is 4.35. The van der Waals surface area contributed by atoms with Gasteiger partial charge in [-0.05, 0) is 18.7 Å². The highest BCUT2D eigenvalue weighted by atomic mass is 79.9. The molecule has 0 bridgehead atoms. The van der Waals surface area contributed by atoms with Crippen LogP contribution in [0, 0.1) is 0 Å². The van der Waals surface area contributed by atoms with E-state index in [0.29, 0.717) is 6.04 Å². The van der Waals surface area contributed by atoms with Crippen molar-refractivity contribution in [1.82, 2.24) is 10.2 Å². The summed E-state index contributed by atoms with van der Waals surface area (Å²) in [7, 11) is 1.99. The molecule has 1 aromatic carbocycles. The molecule has 0 radical (unpaired) electrons. The van der Waals surface area contributed by atoms with Crippen molar-refractivity contribution in [2.45, 2.75) is 12.6 Å². The minimum Gasteiger partial charge on any atom is -0.378 e. The Morgan fingerprint density at radius 2 is 2.29 bits per heavy atom. The molecule has 1 aliphatic rings. The molecule has 1 saturated heterocycles. The Hall–Kier alpha value is -0.420. The van der Waals surface area contributed by atoms with Gasteiger partial charge in [-0.3, -0.25) is 4.90 Å². The molecule has 94 valence electrons. The number of likely N-dealkylation sites (N-methyl/N-ethyl adjacent to an activating group) is 1. The quantitative estimate of drug-likeness (QED) is 0.918. The molecule has 1 atom stereocenters. The molecule has 0 saturated carbocycles. The van der Waals surface area contributed by atoms with Crippen molar-refractivity contribution in [2.24, 2.45) is 0 Å². The molecule has 0 aromatic heterocycles. The predicted molar refractivity (Wildman–Crippen MR) is 73.1 cm³/mol. The van der Waals surface area contributed by atoms with Gasteiger partial charge >= 0.3 is 0 Å². The van der Waals surface area contributed by atoms with E-state index in [4.69, 9.17) is 4.74 Å². The molecule has 1 aliphatic heterocycles. The summed E-state index contributed by atoms with van der Waals surface area (Å²) in [6.07, 6.45) is 0. The highest BCUT2D eigenvalue weighted by Crippen LogP contribution is 2.19. The van der Waals surface area contributed by atoms with Crippen molar-refractivity contribution in [3.8, 4) is 0 Å². The predicted octanol–water partition coefficient (Wildman–Crippen LogP) is 1.87. The van der Waals surface area contributed by atoms with Crippen LogP contribution in [-0.4, -0.2) is 44.3 Å². The maximum Gasteiger partial charge on any atom is 0.0635 e. The molecule has 4 heteroatoms. The average molecular weight is 299 g/mol. The largest absolute Gasteiger partial charge is 0.378 e. The van der Waals surface area contributed by atoms with Gasteiger partial charge in [0.05, 0.1) is 13.2 Å². The maximum absolute atomic E-state index is 5.54. The summed E-state index contributed by atoms with van der Waals surface area (Å²) in [5, 5.41) is 3.23. The van der Waals surface area contributed by atoms with Gasteiger partial charge in [0.15, 0.2) is 0 Å². The van der Waals surface area contributed by atoms with Gasteiger partial charge in [-0.15, -0.1) is 0 Å². The van der Waals surface area contributed by atoms with E-state index in [0.717, 1.165) is 32.8 Å². The summed E-state index contributed by atoms with van der Waals surface area (Å²) in [6, 6.07) is 8.89. The summed E-state index contributed by atoms with van der Waals surface area (Å²) in [4.78, 5) is 2.49. The number of hydrogen-bond donors (Lipinski definition) is 1. The molecule has 17 heavy (non-hydrogen) atoms. The van der Waals surface area contributed by atoms with Gasteiger partial charge in [0.1, 0.15) is 0 Å². The van der Waals surface area contributed by atoms with Crippen LogP contribution in [0.25, 0.3) is 0 Å². The molecule has 1 N–H and O–H groups in total. The molecule has 3 nitrogen and oxygen atoms in total. The van der Waals surface area contributed by atoms with Crippen LogP contribution >= 0.6 is 15.9 Å². The second-order valence-corrected chi connectivity index (χ2v) is 5.20. The van der Waals surface area contributed by atoms with Gasteiger partial charge in [0.25, 0.3) is 0 Å². The Balaban J connectivity index is 2.03. The summed E-state index contributed by atoms with van der Waals surface area (Å²) < 4.78 is 6.73. The third-order valence-electron chi connectivity index (χ3n) is 3.12. The maximum atomic E-state index is 5.54. The first-order valence-electron chi connectivity index (χ1n) is 6.01. The van der Waals surface area contributed by atoms with Crippen LogP contribution in [0.2, 0.25) is 0 Å². The summed E-state index contributed by atoms with van der Waals surface area (Å²) in [5.74, 6) is 0. The van der Waals surface area contributed by atoms with Crippen LogP contribution in [0.3, 0.4) is 0 Å². The lowest BCUT2D eigenvalue weighted by Gasteiger charge is -2.35. The van der Waals surface area contributed by atoms with Gasteiger partial charge < -0.3 is 10.1 Å². The van der Waals surface area contributed by atoms with E-state index in [2.05, 4.69) is 50.4 Å². The Morgan fingerprint density at radius 1 is 1.47 bits per heavy atom. The first-order chi connectivity index (χ1) is 8.31. The summed E-state index contributed by atoms with van der Waals surface area (Å²) in [6.45, 7) is 4.63. The standard InChI is InChI=1S/C13H19BrN2O/c1-15-8-12-10-17-7-6-16(12)9-11-4-2-3-5-13(11)14/h2-5,12,15H,6-10H2,1H3. The number of nitrogens with zero attached hydrogens (tertiary/aromatic N) is 1. The van der Waals surface area contributed by atoms with E-state index in [-0.39, 0.29) is 0 Å². The van der Waals surface area contributed by atoms with Crippen LogP contribution in [0.15, 0.2) is 28.7 Å². The van der Waals surface area contributed by atoms with Crippen LogP contribution < -0.4 is 5.32 Å². The van der Waals surface area contributed by atoms with E-state index in [1.165, 1.54) is 10.0 Å². The minimum absolute atomic E-state index is 0.473. The summed E-state index contributed by atoms with van der Waals surface area (Å²) in [5.41, 5.74) is 1.34. The van der Waals surface area contributed by atoms with Crippen LogP contribution in [0.4, 0.5) is 0 Å². The van der Waals surface area contributed by atoms with E-state index in [1.807, 2.05) is 7.05 Å². The molecular formula is C13H19BrN2O. The molecule has 0 amide bonds. The fraction of sp³-hybridized carbons (Fsp3) is 0.538. The van der Waals surface area contributed by atoms with E-state index in [9.17, 15) is 0 Å². The molecule has 2 rings (SSSR count). The van der Waals surface area contributed by atoms with Crippen molar-refractivity contribution < 1.29 is 4.74 Å². The van der Waals surface area contributed by atoms with Crippen molar-refractivity contribution in [1.29, 1.82) is 0 Å². The smallest absolute Gasteiger partial charge is 0.0635 e. The lowest BCUT2D eigenvalue weighted by atomic mass is 10.1. The number of rotatable bonds is 4. The van der Waals surface area contributed by atoms with Crippen molar-refractivity contribution in [3.63, 3.8) is 0 Å². The first-order valence-corrected chi connectivity index (χ1v) is 6.80. The number of hydrogen-bond acceptors (Lipinski definition) is 3. The highest BCUT2D eigenvalue weighted by Gasteiger charge is 2.22. The Bertz CT molecular complexity index is 357. The normalized spacial score (nSPS) is 21.6.